The first-order chi connectivity index (χ1) is 7.69. The second-order valence-corrected chi connectivity index (χ2v) is 6.23. The molecule has 1 N–H and O–H groups in total. The van der Waals surface area contributed by atoms with E-state index in [0.717, 1.165) is 31.7 Å². The Morgan fingerprint density at radius 1 is 1.50 bits per heavy atom. The van der Waals surface area contributed by atoms with Crippen molar-refractivity contribution in [3.8, 4) is 0 Å². The molecule has 0 radical (unpaired) electrons. The van der Waals surface area contributed by atoms with Gasteiger partial charge in [-0.15, -0.1) is 11.8 Å². The van der Waals surface area contributed by atoms with Crippen LogP contribution in [-0.2, 0) is 4.79 Å². The average molecular weight is 242 g/mol. The van der Waals surface area contributed by atoms with Gasteiger partial charge in [-0.25, -0.2) is 0 Å². The molecule has 2 heterocycles. The van der Waals surface area contributed by atoms with Gasteiger partial charge < -0.3 is 5.32 Å². The third-order valence-corrected chi connectivity index (χ3v) is 5.59. The Bertz CT molecular complexity index is 264. The van der Waals surface area contributed by atoms with E-state index in [-0.39, 0.29) is 10.9 Å². The Hall–Kier alpha value is -0.0600. The normalized spacial score (nSPS) is 29.8. The van der Waals surface area contributed by atoms with Crippen LogP contribution in [0.2, 0.25) is 0 Å². The lowest BCUT2D eigenvalue weighted by molar-refractivity contribution is -0.123. The standard InChI is InChI=1S/C12H22N2OS/c1-3-4-11(15)10-9-16-12(14(10)2)5-7-13-8-6-12/h10,13H,3-9H2,1-2H3. The number of likely N-dealkylation sites (N-methyl/N-ethyl adjacent to an activating group) is 1. The summed E-state index contributed by atoms with van der Waals surface area (Å²) in [6, 6.07) is 0.169. The average Bonchev–Trinajstić information content (AvgIpc) is 2.59. The highest BCUT2D eigenvalue weighted by atomic mass is 32.2. The molecule has 0 aliphatic carbocycles. The zero-order valence-electron chi connectivity index (χ0n) is 10.3. The minimum Gasteiger partial charge on any atom is -0.317 e. The van der Waals surface area contributed by atoms with Gasteiger partial charge in [-0.1, -0.05) is 6.92 Å². The highest BCUT2D eigenvalue weighted by molar-refractivity contribution is 8.00. The van der Waals surface area contributed by atoms with E-state index >= 15 is 0 Å². The van der Waals surface area contributed by atoms with Gasteiger partial charge in [0, 0.05) is 12.2 Å². The second-order valence-electron chi connectivity index (χ2n) is 4.85. The van der Waals surface area contributed by atoms with Gasteiger partial charge in [-0.2, -0.15) is 0 Å². The van der Waals surface area contributed by atoms with Crippen molar-refractivity contribution in [3.05, 3.63) is 0 Å². The number of nitrogens with zero attached hydrogens (tertiary/aromatic N) is 1. The quantitative estimate of drug-likeness (QED) is 0.812. The molecule has 0 aromatic heterocycles. The van der Waals surface area contributed by atoms with Crippen molar-refractivity contribution < 1.29 is 4.79 Å². The second kappa shape index (κ2) is 5.07. The number of Topliss-reactive ketones (excluding diaryl/α,β-unsaturated/α-hetero) is 1. The van der Waals surface area contributed by atoms with Gasteiger partial charge in [0.05, 0.1) is 10.9 Å². The summed E-state index contributed by atoms with van der Waals surface area (Å²) in [7, 11) is 2.14. The summed E-state index contributed by atoms with van der Waals surface area (Å²) in [6.45, 7) is 4.26. The van der Waals surface area contributed by atoms with Crippen LogP contribution >= 0.6 is 11.8 Å². The maximum absolute atomic E-state index is 12.0. The number of hydrogen-bond donors (Lipinski definition) is 1. The van der Waals surface area contributed by atoms with Crippen LogP contribution in [0.4, 0.5) is 0 Å². The molecular formula is C12H22N2OS. The fourth-order valence-corrected chi connectivity index (χ4v) is 4.47. The van der Waals surface area contributed by atoms with E-state index in [1.54, 1.807) is 0 Å². The van der Waals surface area contributed by atoms with Gasteiger partial charge in [0.2, 0.25) is 0 Å². The van der Waals surface area contributed by atoms with Crippen LogP contribution in [0.1, 0.15) is 32.6 Å². The van der Waals surface area contributed by atoms with Gasteiger partial charge in [-0.3, -0.25) is 9.69 Å². The van der Waals surface area contributed by atoms with Crippen LogP contribution < -0.4 is 5.32 Å². The molecule has 0 bridgehead atoms. The highest BCUT2D eigenvalue weighted by Crippen LogP contribution is 2.44. The Balaban J connectivity index is 2.02. The van der Waals surface area contributed by atoms with E-state index in [9.17, 15) is 4.79 Å². The van der Waals surface area contributed by atoms with E-state index in [2.05, 4.69) is 24.2 Å². The molecule has 2 saturated heterocycles. The minimum atomic E-state index is 0.169. The van der Waals surface area contributed by atoms with Gasteiger partial charge in [0.1, 0.15) is 0 Å². The molecule has 1 atom stereocenters. The van der Waals surface area contributed by atoms with E-state index in [0.29, 0.717) is 5.78 Å². The lowest BCUT2D eigenvalue weighted by atomic mass is 10.0. The predicted molar refractivity (Wildman–Crippen MR) is 68.8 cm³/mol. The molecular weight excluding hydrogens is 220 g/mol. The topological polar surface area (TPSA) is 32.3 Å². The first-order valence-corrected chi connectivity index (χ1v) is 7.28. The van der Waals surface area contributed by atoms with E-state index in [1.807, 2.05) is 11.8 Å². The lowest BCUT2D eigenvalue weighted by Crippen LogP contribution is -2.51. The molecule has 2 rings (SSSR count). The molecule has 92 valence electrons. The molecule has 1 spiro atoms. The SMILES string of the molecule is CCCC(=O)C1CSC2(CCNCC2)N1C. The number of nitrogens with one attached hydrogen (secondary N) is 1. The van der Waals surface area contributed by atoms with E-state index < -0.39 is 0 Å². The summed E-state index contributed by atoms with van der Waals surface area (Å²) in [5.41, 5.74) is 0. The van der Waals surface area contributed by atoms with Crippen LogP contribution in [0.3, 0.4) is 0 Å². The summed E-state index contributed by atoms with van der Waals surface area (Å²) in [6.07, 6.45) is 4.06. The van der Waals surface area contributed by atoms with Crippen LogP contribution in [0.5, 0.6) is 0 Å². The zero-order chi connectivity index (χ0) is 11.6. The summed E-state index contributed by atoms with van der Waals surface area (Å²) < 4.78 is 0. The monoisotopic (exact) mass is 242 g/mol. The maximum atomic E-state index is 12.0. The largest absolute Gasteiger partial charge is 0.317 e. The number of hydrogen-bond acceptors (Lipinski definition) is 4. The van der Waals surface area contributed by atoms with Crippen LogP contribution in [-0.4, -0.2) is 47.5 Å². The van der Waals surface area contributed by atoms with Gasteiger partial charge >= 0.3 is 0 Å². The number of carbonyl (C=O) groups is 1. The first kappa shape index (κ1) is 12.4. The lowest BCUT2D eigenvalue weighted by Gasteiger charge is -2.40. The van der Waals surface area contributed by atoms with Crippen LogP contribution in [0.25, 0.3) is 0 Å². The molecule has 1 unspecified atom stereocenters. The number of thioether (sulfide) groups is 1. The predicted octanol–water partition coefficient (Wildman–Crippen LogP) is 1.48. The number of piperidine rings is 1. The number of carbonyl (C=O) groups excluding carboxylic acids is 1. The molecule has 0 aromatic rings. The van der Waals surface area contributed by atoms with Crippen molar-refractivity contribution in [2.75, 3.05) is 25.9 Å². The van der Waals surface area contributed by atoms with E-state index in [4.69, 9.17) is 0 Å². The Labute approximate surface area is 102 Å². The van der Waals surface area contributed by atoms with Crippen molar-refractivity contribution in [2.24, 2.45) is 0 Å². The van der Waals surface area contributed by atoms with Gasteiger partial charge in [0.15, 0.2) is 5.78 Å². The van der Waals surface area contributed by atoms with Crippen molar-refractivity contribution in [3.63, 3.8) is 0 Å². The third-order valence-electron chi connectivity index (χ3n) is 3.87. The smallest absolute Gasteiger partial charge is 0.150 e. The zero-order valence-corrected chi connectivity index (χ0v) is 11.1. The van der Waals surface area contributed by atoms with Crippen molar-refractivity contribution >= 4 is 17.5 Å². The van der Waals surface area contributed by atoms with Gasteiger partial charge in [-0.05, 0) is 39.4 Å². The van der Waals surface area contributed by atoms with Crippen molar-refractivity contribution in [1.82, 2.24) is 10.2 Å². The van der Waals surface area contributed by atoms with E-state index in [1.165, 1.54) is 12.8 Å². The van der Waals surface area contributed by atoms with Crippen LogP contribution in [0.15, 0.2) is 0 Å². The summed E-state index contributed by atoms with van der Waals surface area (Å²) in [4.78, 5) is 14.6. The number of ketones is 1. The van der Waals surface area contributed by atoms with Gasteiger partial charge in [0.25, 0.3) is 0 Å². The number of rotatable bonds is 3. The molecule has 0 saturated carbocycles. The molecule has 2 aliphatic rings. The highest BCUT2D eigenvalue weighted by Gasteiger charge is 2.47. The molecule has 2 aliphatic heterocycles. The molecule has 0 amide bonds. The summed E-state index contributed by atoms with van der Waals surface area (Å²) in [5.74, 6) is 1.43. The first-order valence-electron chi connectivity index (χ1n) is 6.30. The van der Waals surface area contributed by atoms with Crippen LogP contribution in [0, 0.1) is 0 Å². The Morgan fingerprint density at radius 3 is 2.81 bits per heavy atom. The maximum Gasteiger partial charge on any atom is 0.150 e. The Kier molecular flexibility index (Phi) is 3.93. The Morgan fingerprint density at radius 2 is 2.19 bits per heavy atom. The summed E-state index contributed by atoms with van der Waals surface area (Å²) in [5, 5.41) is 3.40. The fourth-order valence-electron chi connectivity index (χ4n) is 2.77. The molecule has 16 heavy (non-hydrogen) atoms. The summed E-state index contributed by atoms with van der Waals surface area (Å²) >= 11 is 2.00. The minimum absolute atomic E-state index is 0.169. The van der Waals surface area contributed by atoms with Crippen molar-refractivity contribution in [1.29, 1.82) is 0 Å². The molecule has 4 heteroatoms. The molecule has 0 aromatic carbocycles. The third kappa shape index (κ3) is 2.15. The molecule has 2 fully saturated rings. The molecule has 3 nitrogen and oxygen atoms in total. The van der Waals surface area contributed by atoms with Crippen molar-refractivity contribution in [2.45, 2.75) is 43.5 Å². The fraction of sp³-hybridized carbons (Fsp3) is 0.917.